The smallest absolute Gasteiger partial charge is 0.0114 e. The van der Waals surface area contributed by atoms with Gasteiger partial charge in [0.05, 0.1) is 0 Å². The Bertz CT molecular complexity index is 696. The van der Waals surface area contributed by atoms with Crippen LogP contribution in [0.25, 0.3) is 11.1 Å². The van der Waals surface area contributed by atoms with E-state index in [1.807, 2.05) is 0 Å². The molecule has 0 aliphatic rings. The van der Waals surface area contributed by atoms with E-state index in [2.05, 4.69) is 71.0 Å². The summed E-state index contributed by atoms with van der Waals surface area (Å²) in [6, 6.07) is 13.8. The van der Waals surface area contributed by atoms with Gasteiger partial charge in [0, 0.05) is 0 Å². The molecule has 0 aromatic heterocycles. The standard InChI is InChI=1S/C28H42/c1-6-10-16-24-21-27(22(5)9-4)28(23-17-14-13-15-18-23)26(20-12-8-3)25(24)19-11-7-2/h13-15,17-18,21-22H,6-12,16,19-20H2,1-5H3. The van der Waals surface area contributed by atoms with Crippen LogP contribution in [0.3, 0.4) is 0 Å². The molecule has 0 radical (unpaired) electrons. The summed E-state index contributed by atoms with van der Waals surface area (Å²) >= 11 is 0. The lowest BCUT2D eigenvalue weighted by molar-refractivity contribution is 0.710. The second-order valence-corrected chi connectivity index (χ2v) is 8.44. The van der Waals surface area contributed by atoms with E-state index >= 15 is 0 Å². The fraction of sp³-hybridized carbons (Fsp3) is 0.571. The van der Waals surface area contributed by atoms with E-state index in [0.29, 0.717) is 5.92 Å². The van der Waals surface area contributed by atoms with Crippen molar-refractivity contribution in [1.82, 2.24) is 0 Å². The predicted molar refractivity (Wildman–Crippen MR) is 126 cm³/mol. The van der Waals surface area contributed by atoms with Crippen LogP contribution in [0.5, 0.6) is 0 Å². The molecular formula is C28H42. The molecule has 0 aliphatic heterocycles. The van der Waals surface area contributed by atoms with Crippen LogP contribution < -0.4 is 0 Å². The van der Waals surface area contributed by atoms with Crippen molar-refractivity contribution in [3.05, 3.63) is 58.7 Å². The van der Waals surface area contributed by atoms with Crippen molar-refractivity contribution in [2.45, 2.75) is 105 Å². The monoisotopic (exact) mass is 378 g/mol. The molecule has 1 unspecified atom stereocenters. The SMILES string of the molecule is CCCCc1cc(C(C)CC)c(-c2ccccc2)c(CCCC)c1CCCC. The number of aryl methyl sites for hydroxylation is 1. The Hall–Kier alpha value is -1.56. The van der Waals surface area contributed by atoms with Gasteiger partial charge in [-0.15, -0.1) is 0 Å². The van der Waals surface area contributed by atoms with Gasteiger partial charge in [-0.25, -0.2) is 0 Å². The van der Waals surface area contributed by atoms with E-state index in [-0.39, 0.29) is 0 Å². The van der Waals surface area contributed by atoms with Gasteiger partial charge in [-0.2, -0.15) is 0 Å². The fourth-order valence-corrected chi connectivity index (χ4v) is 4.30. The Kier molecular flexibility index (Phi) is 9.82. The molecule has 2 rings (SSSR count). The lowest BCUT2D eigenvalue weighted by atomic mass is 9.79. The molecule has 0 saturated carbocycles. The largest absolute Gasteiger partial charge is 0.0654 e. The van der Waals surface area contributed by atoms with Crippen LogP contribution in [0.2, 0.25) is 0 Å². The number of hydrogen-bond acceptors (Lipinski definition) is 0. The zero-order chi connectivity index (χ0) is 20.4. The van der Waals surface area contributed by atoms with Gasteiger partial charge in [0.15, 0.2) is 0 Å². The summed E-state index contributed by atoms with van der Waals surface area (Å²) in [5.74, 6) is 0.608. The van der Waals surface area contributed by atoms with Gasteiger partial charge < -0.3 is 0 Å². The maximum absolute atomic E-state index is 2.60. The van der Waals surface area contributed by atoms with Crippen LogP contribution in [-0.4, -0.2) is 0 Å². The van der Waals surface area contributed by atoms with Gasteiger partial charge in [0.1, 0.15) is 0 Å². The first-order valence-corrected chi connectivity index (χ1v) is 11.9. The summed E-state index contributed by atoms with van der Waals surface area (Å²) in [6.45, 7) is 11.7. The van der Waals surface area contributed by atoms with Gasteiger partial charge >= 0.3 is 0 Å². The highest BCUT2D eigenvalue weighted by molar-refractivity contribution is 5.74. The molecule has 0 aliphatic carbocycles. The van der Waals surface area contributed by atoms with Crippen molar-refractivity contribution in [3.63, 3.8) is 0 Å². The maximum Gasteiger partial charge on any atom is -0.0114 e. The molecule has 1 atom stereocenters. The zero-order valence-corrected chi connectivity index (χ0v) is 19.1. The second-order valence-electron chi connectivity index (χ2n) is 8.44. The van der Waals surface area contributed by atoms with E-state index in [0.717, 1.165) is 0 Å². The number of benzene rings is 2. The van der Waals surface area contributed by atoms with Gasteiger partial charge in [-0.05, 0) is 84.2 Å². The van der Waals surface area contributed by atoms with Gasteiger partial charge in [0.2, 0.25) is 0 Å². The summed E-state index contributed by atoms with van der Waals surface area (Å²) in [6.07, 6.45) is 12.6. The molecule has 2 aromatic rings. The number of rotatable bonds is 12. The molecule has 28 heavy (non-hydrogen) atoms. The van der Waals surface area contributed by atoms with Gasteiger partial charge in [-0.1, -0.05) is 90.3 Å². The van der Waals surface area contributed by atoms with Gasteiger partial charge in [-0.3, -0.25) is 0 Å². The molecule has 0 saturated heterocycles. The van der Waals surface area contributed by atoms with Crippen molar-refractivity contribution in [1.29, 1.82) is 0 Å². The van der Waals surface area contributed by atoms with Crippen LogP contribution in [0, 0.1) is 0 Å². The molecule has 0 N–H and O–H groups in total. The minimum Gasteiger partial charge on any atom is -0.0654 e. The predicted octanol–water partition coefficient (Wildman–Crippen LogP) is 8.89. The van der Waals surface area contributed by atoms with E-state index in [1.54, 1.807) is 27.8 Å². The normalized spacial score (nSPS) is 12.3. The highest BCUT2D eigenvalue weighted by Crippen LogP contribution is 2.39. The molecule has 0 spiro atoms. The first kappa shape index (κ1) is 22.7. The van der Waals surface area contributed by atoms with Crippen LogP contribution in [0.1, 0.15) is 108 Å². The Morgan fingerprint density at radius 2 is 1.29 bits per heavy atom. The fourth-order valence-electron chi connectivity index (χ4n) is 4.30. The molecule has 2 aromatic carbocycles. The average molecular weight is 379 g/mol. The third-order valence-electron chi connectivity index (χ3n) is 6.24. The lowest BCUT2D eigenvalue weighted by Crippen LogP contribution is -2.09. The quantitative estimate of drug-likeness (QED) is 0.346. The molecule has 0 nitrogen and oxygen atoms in total. The van der Waals surface area contributed by atoms with E-state index in [1.165, 1.54) is 69.8 Å². The minimum atomic E-state index is 0.608. The molecule has 0 heterocycles. The van der Waals surface area contributed by atoms with E-state index in [9.17, 15) is 0 Å². The minimum absolute atomic E-state index is 0.608. The highest BCUT2D eigenvalue weighted by Gasteiger charge is 2.21. The number of hydrogen-bond donors (Lipinski definition) is 0. The third kappa shape index (κ3) is 5.72. The Morgan fingerprint density at radius 1 is 0.714 bits per heavy atom. The molecule has 0 heteroatoms. The van der Waals surface area contributed by atoms with Crippen molar-refractivity contribution in [2.75, 3.05) is 0 Å². The van der Waals surface area contributed by atoms with Crippen LogP contribution in [0.4, 0.5) is 0 Å². The molecule has 0 bridgehead atoms. The van der Waals surface area contributed by atoms with Crippen LogP contribution >= 0.6 is 0 Å². The number of unbranched alkanes of at least 4 members (excludes halogenated alkanes) is 3. The summed E-state index contributed by atoms with van der Waals surface area (Å²) in [5, 5.41) is 0. The summed E-state index contributed by atoms with van der Waals surface area (Å²) in [7, 11) is 0. The third-order valence-corrected chi connectivity index (χ3v) is 6.24. The van der Waals surface area contributed by atoms with Crippen LogP contribution in [0.15, 0.2) is 36.4 Å². The average Bonchev–Trinajstić information content (AvgIpc) is 2.74. The van der Waals surface area contributed by atoms with Crippen molar-refractivity contribution in [3.8, 4) is 11.1 Å². The molecular weight excluding hydrogens is 336 g/mol. The summed E-state index contributed by atoms with van der Waals surface area (Å²) in [4.78, 5) is 0. The maximum atomic E-state index is 2.60. The Balaban J connectivity index is 2.75. The van der Waals surface area contributed by atoms with Crippen molar-refractivity contribution in [2.24, 2.45) is 0 Å². The molecule has 0 fully saturated rings. The molecule has 0 amide bonds. The summed E-state index contributed by atoms with van der Waals surface area (Å²) < 4.78 is 0. The van der Waals surface area contributed by atoms with Crippen molar-refractivity contribution >= 4 is 0 Å². The Morgan fingerprint density at radius 3 is 1.86 bits per heavy atom. The summed E-state index contributed by atoms with van der Waals surface area (Å²) in [5.41, 5.74) is 9.58. The van der Waals surface area contributed by atoms with E-state index < -0.39 is 0 Å². The van der Waals surface area contributed by atoms with E-state index in [4.69, 9.17) is 0 Å². The first-order chi connectivity index (χ1) is 13.7. The Labute approximate surface area is 174 Å². The van der Waals surface area contributed by atoms with Crippen LogP contribution in [-0.2, 0) is 19.3 Å². The highest BCUT2D eigenvalue weighted by atomic mass is 14.3. The van der Waals surface area contributed by atoms with Crippen molar-refractivity contribution < 1.29 is 0 Å². The first-order valence-electron chi connectivity index (χ1n) is 11.9. The topological polar surface area (TPSA) is 0 Å². The lowest BCUT2D eigenvalue weighted by Gasteiger charge is -2.26. The zero-order valence-electron chi connectivity index (χ0n) is 19.1. The second kappa shape index (κ2) is 12.1. The molecule has 154 valence electrons. The van der Waals surface area contributed by atoms with Gasteiger partial charge in [0.25, 0.3) is 0 Å².